The van der Waals surface area contributed by atoms with E-state index in [-0.39, 0.29) is 17.9 Å². The molecular weight excluding hydrogens is 412 g/mol. The molecule has 2 fully saturated rings. The summed E-state index contributed by atoms with van der Waals surface area (Å²) in [5, 5.41) is 0.679. The third-order valence-corrected chi connectivity index (χ3v) is 6.70. The average Bonchev–Trinajstić information content (AvgIpc) is 3.23. The van der Waals surface area contributed by atoms with Crippen LogP contribution >= 0.6 is 11.6 Å². The molecule has 0 spiro atoms. The SMILES string of the molecule is O=C(c1ccc2ncn(-c3ccc(Cl)cc3)c2c1)N1CCC(N2CCCCC2=O)CC1. The van der Waals surface area contributed by atoms with Gasteiger partial charge in [0.2, 0.25) is 5.91 Å². The van der Waals surface area contributed by atoms with Crippen LogP contribution in [-0.4, -0.2) is 56.8 Å². The van der Waals surface area contributed by atoms with E-state index in [0.717, 1.165) is 48.9 Å². The van der Waals surface area contributed by atoms with Crippen LogP contribution in [0.4, 0.5) is 0 Å². The van der Waals surface area contributed by atoms with Gasteiger partial charge in [-0.2, -0.15) is 0 Å². The molecule has 1 aromatic heterocycles. The maximum Gasteiger partial charge on any atom is 0.253 e. The lowest BCUT2D eigenvalue weighted by Gasteiger charge is -2.40. The van der Waals surface area contributed by atoms with Crippen LogP contribution in [0.1, 0.15) is 42.5 Å². The minimum absolute atomic E-state index is 0.0363. The van der Waals surface area contributed by atoms with Gasteiger partial charge in [-0.05, 0) is 68.1 Å². The zero-order chi connectivity index (χ0) is 21.4. The number of rotatable bonds is 3. The summed E-state index contributed by atoms with van der Waals surface area (Å²) >= 11 is 6.02. The van der Waals surface area contributed by atoms with Gasteiger partial charge in [-0.15, -0.1) is 0 Å². The molecule has 2 amide bonds. The van der Waals surface area contributed by atoms with Gasteiger partial charge < -0.3 is 9.80 Å². The van der Waals surface area contributed by atoms with Crippen molar-refractivity contribution in [3.63, 3.8) is 0 Å². The van der Waals surface area contributed by atoms with Gasteiger partial charge in [0, 0.05) is 48.4 Å². The summed E-state index contributed by atoms with van der Waals surface area (Å²) in [6.45, 7) is 2.23. The molecule has 0 atom stereocenters. The summed E-state index contributed by atoms with van der Waals surface area (Å²) < 4.78 is 1.97. The number of hydrogen-bond donors (Lipinski definition) is 0. The number of halogens is 1. The van der Waals surface area contributed by atoms with E-state index in [1.165, 1.54) is 0 Å². The van der Waals surface area contributed by atoms with E-state index in [4.69, 9.17) is 11.6 Å². The largest absolute Gasteiger partial charge is 0.340 e. The molecule has 0 N–H and O–H groups in total. The fourth-order valence-electron chi connectivity index (χ4n) is 4.72. The summed E-state index contributed by atoms with van der Waals surface area (Å²) in [7, 11) is 0. The standard InChI is InChI=1S/C24H25ClN4O2/c25-18-5-7-19(8-6-18)29-16-26-21-9-4-17(15-22(21)29)24(31)27-13-10-20(11-14-27)28-12-2-1-3-23(28)30/h4-9,15-16,20H,1-3,10-14H2. The van der Waals surface area contributed by atoms with Crippen molar-refractivity contribution < 1.29 is 9.59 Å². The second-order valence-corrected chi connectivity index (χ2v) is 8.80. The van der Waals surface area contributed by atoms with Gasteiger partial charge in [0.25, 0.3) is 5.91 Å². The predicted octanol–water partition coefficient (Wildman–Crippen LogP) is 4.30. The number of amides is 2. The normalized spacial score (nSPS) is 18.0. The maximum absolute atomic E-state index is 13.2. The highest BCUT2D eigenvalue weighted by Gasteiger charge is 2.31. The van der Waals surface area contributed by atoms with Crippen molar-refractivity contribution >= 4 is 34.4 Å². The Hall–Kier alpha value is -2.86. The first-order valence-corrected chi connectivity index (χ1v) is 11.3. The number of aromatic nitrogens is 2. The van der Waals surface area contributed by atoms with Crippen LogP contribution in [0.25, 0.3) is 16.7 Å². The number of carbonyl (C=O) groups is 2. The highest BCUT2D eigenvalue weighted by Crippen LogP contribution is 2.25. The van der Waals surface area contributed by atoms with Gasteiger partial charge in [-0.1, -0.05) is 11.6 Å². The average molecular weight is 437 g/mol. The van der Waals surface area contributed by atoms with Gasteiger partial charge in [0.15, 0.2) is 0 Å². The Labute approximate surface area is 186 Å². The summed E-state index contributed by atoms with van der Waals surface area (Å²) in [6.07, 6.45) is 6.22. The molecule has 0 saturated carbocycles. The second-order valence-electron chi connectivity index (χ2n) is 8.36. The molecule has 0 aliphatic carbocycles. The topological polar surface area (TPSA) is 58.4 Å². The van der Waals surface area contributed by atoms with Crippen LogP contribution in [0.5, 0.6) is 0 Å². The van der Waals surface area contributed by atoms with Crippen molar-refractivity contribution in [2.45, 2.75) is 38.1 Å². The van der Waals surface area contributed by atoms with Crippen molar-refractivity contribution in [3.05, 3.63) is 59.4 Å². The van der Waals surface area contributed by atoms with Gasteiger partial charge >= 0.3 is 0 Å². The fraction of sp³-hybridized carbons (Fsp3) is 0.375. The molecule has 2 aromatic carbocycles. The minimum atomic E-state index is 0.0363. The first kappa shape index (κ1) is 20.1. The number of benzene rings is 2. The smallest absolute Gasteiger partial charge is 0.253 e. The molecular formula is C24H25ClN4O2. The molecule has 0 radical (unpaired) electrons. The molecule has 2 aliphatic heterocycles. The minimum Gasteiger partial charge on any atom is -0.340 e. The summed E-state index contributed by atoms with van der Waals surface area (Å²) in [5.74, 6) is 0.311. The number of nitrogens with zero attached hydrogens (tertiary/aromatic N) is 4. The summed E-state index contributed by atoms with van der Waals surface area (Å²) in [4.78, 5) is 33.9. The lowest BCUT2D eigenvalue weighted by molar-refractivity contribution is -0.136. The number of carbonyl (C=O) groups excluding carboxylic acids is 2. The monoisotopic (exact) mass is 436 g/mol. The van der Waals surface area contributed by atoms with Crippen LogP contribution in [0, 0.1) is 0 Å². The van der Waals surface area contributed by atoms with Crippen molar-refractivity contribution in [3.8, 4) is 5.69 Å². The van der Waals surface area contributed by atoms with E-state index in [1.54, 1.807) is 6.33 Å². The van der Waals surface area contributed by atoms with Gasteiger partial charge in [-0.25, -0.2) is 4.98 Å². The Morgan fingerprint density at radius 1 is 1.00 bits per heavy atom. The molecule has 160 valence electrons. The van der Waals surface area contributed by atoms with Crippen LogP contribution in [-0.2, 0) is 4.79 Å². The molecule has 0 unspecified atom stereocenters. The van der Waals surface area contributed by atoms with E-state index in [9.17, 15) is 9.59 Å². The van der Waals surface area contributed by atoms with Crippen molar-refractivity contribution in [1.29, 1.82) is 0 Å². The molecule has 2 saturated heterocycles. The van der Waals surface area contributed by atoms with Crippen LogP contribution in [0.2, 0.25) is 5.02 Å². The molecule has 6 nitrogen and oxygen atoms in total. The molecule has 3 aromatic rings. The molecule has 0 bridgehead atoms. The van der Waals surface area contributed by atoms with Crippen LogP contribution in [0.3, 0.4) is 0 Å². The number of hydrogen-bond acceptors (Lipinski definition) is 3. The predicted molar refractivity (Wildman–Crippen MR) is 121 cm³/mol. The van der Waals surface area contributed by atoms with Gasteiger partial charge in [0.05, 0.1) is 11.0 Å². The second kappa shape index (κ2) is 8.35. The molecule has 31 heavy (non-hydrogen) atoms. The molecule has 5 rings (SSSR count). The Balaban J connectivity index is 1.33. The summed E-state index contributed by atoms with van der Waals surface area (Å²) in [6, 6.07) is 13.5. The molecule has 7 heteroatoms. The highest BCUT2D eigenvalue weighted by atomic mass is 35.5. The van der Waals surface area contributed by atoms with Crippen molar-refractivity contribution in [2.24, 2.45) is 0 Å². The number of fused-ring (bicyclic) bond motifs is 1. The lowest BCUT2D eigenvalue weighted by Crippen LogP contribution is -2.50. The lowest BCUT2D eigenvalue weighted by atomic mass is 9.99. The van der Waals surface area contributed by atoms with E-state index in [0.29, 0.717) is 30.1 Å². The Morgan fingerprint density at radius 3 is 2.52 bits per heavy atom. The first-order chi connectivity index (χ1) is 15.1. The number of likely N-dealkylation sites (tertiary alicyclic amines) is 2. The third kappa shape index (κ3) is 3.92. The van der Waals surface area contributed by atoms with Gasteiger partial charge in [-0.3, -0.25) is 14.2 Å². The third-order valence-electron chi connectivity index (χ3n) is 6.45. The zero-order valence-corrected chi connectivity index (χ0v) is 18.1. The summed E-state index contributed by atoms with van der Waals surface area (Å²) in [5.41, 5.74) is 3.34. The zero-order valence-electron chi connectivity index (χ0n) is 17.3. The molecule has 2 aliphatic rings. The van der Waals surface area contributed by atoms with Crippen molar-refractivity contribution in [2.75, 3.05) is 19.6 Å². The maximum atomic E-state index is 13.2. The number of piperidine rings is 2. The first-order valence-electron chi connectivity index (χ1n) is 10.9. The Morgan fingerprint density at radius 2 is 1.77 bits per heavy atom. The number of imidazole rings is 1. The van der Waals surface area contributed by atoms with Crippen LogP contribution in [0.15, 0.2) is 48.8 Å². The van der Waals surface area contributed by atoms with E-state index < -0.39 is 0 Å². The molecule has 3 heterocycles. The fourth-order valence-corrected chi connectivity index (χ4v) is 4.85. The van der Waals surface area contributed by atoms with E-state index >= 15 is 0 Å². The van der Waals surface area contributed by atoms with E-state index in [1.807, 2.05) is 56.8 Å². The van der Waals surface area contributed by atoms with Gasteiger partial charge in [0.1, 0.15) is 6.33 Å². The highest BCUT2D eigenvalue weighted by molar-refractivity contribution is 6.30. The van der Waals surface area contributed by atoms with E-state index in [2.05, 4.69) is 4.98 Å². The van der Waals surface area contributed by atoms with Crippen molar-refractivity contribution in [1.82, 2.24) is 19.4 Å². The Bertz CT molecular complexity index is 1120. The Kier molecular flexibility index (Phi) is 5.40. The quantitative estimate of drug-likeness (QED) is 0.615. The van der Waals surface area contributed by atoms with Crippen LogP contribution < -0.4 is 0 Å².